The normalized spacial score (nSPS) is 12.6. The zero-order chi connectivity index (χ0) is 19.1. The highest BCUT2D eigenvalue weighted by molar-refractivity contribution is 6.42. The Labute approximate surface area is 156 Å². The molecule has 0 bridgehead atoms. The maximum Gasteiger partial charge on any atom is 0.319 e. The van der Waals surface area contributed by atoms with Gasteiger partial charge in [-0.3, -0.25) is 14.6 Å². The van der Waals surface area contributed by atoms with Crippen molar-refractivity contribution in [1.29, 1.82) is 0 Å². The Morgan fingerprint density at radius 3 is 2.56 bits per heavy atom. The number of aromatic nitrogens is 1. The van der Waals surface area contributed by atoms with E-state index in [1.807, 2.05) is 12.1 Å². The lowest BCUT2D eigenvalue weighted by Gasteiger charge is -2.14. The Morgan fingerprint density at radius 1 is 1.00 bits per heavy atom. The minimum atomic E-state index is -0.392. The van der Waals surface area contributed by atoms with Crippen molar-refractivity contribution in [2.24, 2.45) is 4.99 Å². The summed E-state index contributed by atoms with van der Waals surface area (Å²) in [6, 6.07) is 10.2. The molecule has 27 heavy (non-hydrogen) atoms. The summed E-state index contributed by atoms with van der Waals surface area (Å²) in [5.41, 5.74) is 2.20. The zero-order valence-corrected chi connectivity index (χ0v) is 14.6. The SMILES string of the molecule is O=C(NCCCNC(=O)C1=NC(=O)c2ccccc2C1)Nc1ccncc1. The van der Waals surface area contributed by atoms with Crippen molar-refractivity contribution in [2.75, 3.05) is 18.4 Å². The van der Waals surface area contributed by atoms with E-state index in [0.29, 0.717) is 37.2 Å². The Balaban J connectivity index is 1.38. The minimum absolute atomic E-state index is 0.210. The molecule has 1 aliphatic heterocycles. The Kier molecular flexibility index (Phi) is 5.88. The summed E-state index contributed by atoms with van der Waals surface area (Å²) < 4.78 is 0. The summed E-state index contributed by atoms with van der Waals surface area (Å²) in [5.74, 6) is -0.754. The van der Waals surface area contributed by atoms with E-state index < -0.39 is 5.91 Å². The largest absolute Gasteiger partial charge is 0.351 e. The van der Waals surface area contributed by atoms with Gasteiger partial charge in [-0.25, -0.2) is 9.79 Å². The van der Waals surface area contributed by atoms with Crippen molar-refractivity contribution in [2.45, 2.75) is 12.8 Å². The van der Waals surface area contributed by atoms with Gasteiger partial charge in [-0.15, -0.1) is 0 Å². The summed E-state index contributed by atoms with van der Waals surface area (Å²) in [6.07, 6.45) is 4.05. The quantitative estimate of drug-likeness (QED) is 0.674. The molecule has 2 heterocycles. The molecule has 1 aromatic heterocycles. The van der Waals surface area contributed by atoms with Gasteiger partial charge in [0.15, 0.2) is 0 Å². The first kappa shape index (κ1) is 18.2. The number of urea groups is 1. The number of carbonyl (C=O) groups is 3. The molecule has 8 nitrogen and oxygen atoms in total. The van der Waals surface area contributed by atoms with Crippen LogP contribution in [0.4, 0.5) is 10.5 Å². The molecule has 3 rings (SSSR count). The monoisotopic (exact) mass is 365 g/mol. The molecule has 0 aliphatic carbocycles. The molecule has 0 saturated carbocycles. The summed E-state index contributed by atoms with van der Waals surface area (Å²) >= 11 is 0. The van der Waals surface area contributed by atoms with Gasteiger partial charge in [-0.2, -0.15) is 0 Å². The summed E-state index contributed by atoms with van der Waals surface area (Å²) in [4.78, 5) is 43.6. The molecule has 0 spiro atoms. The standard InChI is InChI=1S/C19H19N5O3/c25-17-15-5-2-1-4-13(15)12-16(24-17)18(26)21-8-3-9-22-19(27)23-14-6-10-20-11-7-14/h1-2,4-7,10-11H,3,8-9,12H2,(H,21,26)(H2,20,22,23,27). The van der Waals surface area contributed by atoms with Crippen LogP contribution in [0.15, 0.2) is 53.8 Å². The van der Waals surface area contributed by atoms with Gasteiger partial charge in [-0.05, 0) is 30.2 Å². The second-order valence-electron chi connectivity index (χ2n) is 5.92. The van der Waals surface area contributed by atoms with Crippen LogP contribution in [-0.2, 0) is 11.2 Å². The van der Waals surface area contributed by atoms with E-state index >= 15 is 0 Å². The molecular weight excluding hydrogens is 346 g/mol. The van der Waals surface area contributed by atoms with Gasteiger partial charge in [0.05, 0.1) is 0 Å². The number of pyridine rings is 1. The van der Waals surface area contributed by atoms with Gasteiger partial charge in [-0.1, -0.05) is 18.2 Å². The van der Waals surface area contributed by atoms with Crippen LogP contribution in [0, 0.1) is 0 Å². The molecule has 2 aromatic rings. The van der Waals surface area contributed by atoms with Crippen molar-refractivity contribution >= 4 is 29.2 Å². The third-order valence-electron chi connectivity index (χ3n) is 3.97. The number of nitrogens with one attached hydrogen (secondary N) is 3. The lowest BCUT2D eigenvalue weighted by Crippen LogP contribution is -2.37. The molecule has 1 aromatic carbocycles. The predicted octanol–water partition coefficient (Wildman–Crippen LogP) is 1.55. The van der Waals surface area contributed by atoms with Gasteiger partial charge in [0.2, 0.25) is 0 Å². The molecule has 0 atom stereocenters. The number of rotatable bonds is 6. The number of amides is 4. The third kappa shape index (κ3) is 4.97. The number of fused-ring (bicyclic) bond motifs is 1. The van der Waals surface area contributed by atoms with Crippen molar-refractivity contribution in [3.63, 3.8) is 0 Å². The van der Waals surface area contributed by atoms with Crippen LogP contribution < -0.4 is 16.0 Å². The summed E-state index contributed by atoms with van der Waals surface area (Å²) in [6.45, 7) is 0.759. The number of hydrogen-bond acceptors (Lipinski definition) is 4. The first-order chi connectivity index (χ1) is 13.1. The van der Waals surface area contributed by atoms with E-state index in [9.17, 15) is 14.4 Å². The van der Waals surface area contributed by atoms with E-state index in [4.69, 9.17) is 0 Å². The molecule has 138 valence electrons. The molecule has 0 radical (unpaired) electrons. The molecule has 1 aliphatic rings. The first-order valence-corrected chi connectivity index (χ1v) is 8.56. The molecule has 4 amide bonds. The van der Waals surface area contributed by atoms with Crippen LogP contribution in [0.25, 0.3) is 0 Å². The van der Waals surface area contributed by atoms with Crippen LogP contribution in [0.1, 0.15) is 22.3 Å². The predicted molar refractivity (Wildman–Crippen MR) is 101 cm³/mol. The Bertz CT molecular complexity index is 880. The number of aliphatic imine (C=N–C) groups is 1. The van der Waals surface area contributed by atoms with Crippen molar-refractivity contribution in [1.82, 2.24) is 15.6 Å². The molecule has 8 heteroatoms. The zero-order valence-electron chi connectivity index (χ0n) is 14.6. The van der Waals surface area contributed by atoms with E-state index in [2.05, 4.69) is 25.9 Å². The second kappa shape index (κ2) is 8.70. The highest BCUT2D eigenvalue weighted by Gasteiger charge is 2.22. The average molecular weight is 365 g/mol. The highest BCUT2D eigenvalue weighted by Crippen LogP contribution is 2.16. The van der Waals surface area contributed by atoms with Gasteiger partial charge >= 0.3 is 6.03 Å². The Morgan fingerprint density at radius 2 is 1.74 bits per heavy atom. The molecular formula is C19H19N5O3. The molecule has 0 saturated heterocycles. The fraction of sp³-hybridized carbons (Fsp3) is 0.211. The minimum Gasteiger partial charge on any atom is -0.351 e. The van der Waals surface area contributed by atoms with Crippen LogP contribution in [0.3, 0.4) is 0 Å². The molecule has 0 unspecified atom stereocenters. The van der Waals surface area contributed by atoms with E-state index in [1.54, 1.807) is 36.7 Å². The molecule has 0 fully saturated rings. The van der Waals surface area contributed by atoms with E-state index in [-0.39, 0.29) is 17.6 Å². The number of nitrogens with zero attached hydrogens (tertiary/aromatic N) is 2. The highest BCUT2D eigenvalue weighted by atomic mass is 16.2. The fourth-order valence-electron chi connectivity index (χ4n) is 2.62. The Hall–Kier alpha value is -3.55. The van der Waals surface area contributed by atoms with E-state index in [0.717, 1.165) is 5.56 Å². The van der Waals surface area contributed by atoms with Gasteiger partial charge in [0.1, 0.15) is 5.71 Å². The third-order valence-corrected chi connectivity index (χ3v) is 3.97. The van der Waals surface area contributed by atoms with Gasteiger partial charge in [0.25, 0.3) is 11.8 Å². The number of benzene rings is 1. The van der Waals surface area contributed by atoms with E-state index in [1.165, 1.54) is 0 Å². The van der Waals surface area contributed by atoms with Crippen molar-refractivity contribution < 1.29 is 14.4 Å². The van der Waals surface area contributed by atoms with Crippen LogP contribution in [0.2, 0.25) is 0 Å². The van der Waals surface area contributed by atoms with Gasteiger partial charge in [0, 0.05) is 43.2 Å². The van der Waals surface area contributed by atoms with Crippen LogP contribution in [-0.4, -0.2) is 41.6 Å². The van der Waals surface area contributed by atoms with Crippen LogP contribution in [0.5, 0.6) is 0 Å². The maximum absolute atomic E-state index is 12.2. The maximum atomic E-state index is 12.2. The van der Waals surface area contributed by atoms with Crippen LogP contribution >= 0.6 is 0 Å². The second-order valence-corrected chi connectivity index (χ2v) is 5.92. The lowest BCUT2D eigenvalue weighted by atomic mass is 9.98. The first-order valence-electron chi connectivity index (χ1n) is 8.56. The molecule has 3 N–H and O–H groups in total. The number of anilines is 1. The number of hydrogen-bond donors (Lipinski definition) is 3. The summed E-state index contributed by atoms with van der Waals surface area (Å²) in [7, 11) is 0. The van der Waals surface area contributed by atoms with Crippen molar-refractivity contribution in [3.05, 3.63) is 59.9 Å². The van der Waals surface area contributed by atoms with Gasteiger partial charge < -0.3 is 16.0 Å². The average Bonchev–Trinajstić information content (AvgIpc) is 2.68. The lowest BCUT2D eigenvalue weighted by molar-refractivity contribution is -0.114. The number of carbonyl (C=O) groups excluding carboxylic acids is 3. The van der Waals surface area contributed by atoms with Crippen molar-refractivity contribution in [3.8, 4) is 0 Å². The topological polar surface area (TPSA) is 113 Å². The smallest absolute Gasteiger partial charge is 0.319 e. The summed E-state index contributed by atoms with van der Waals surface area (Å²) in [5, 5.41) is 8.10. The fourth-order valence-corrected chi connectivity index (χ4v) is 2.62.